The van der Waals surface area contributed by atoms with Crippen LogP contribution in [0.1, 0.15) is 33.7 Å². The smallest absolute Gasteiger partial charge is 0.262 e. The Kier molecular flexibility index (Phi) is 5.99. The lowest BCUT2D eigenvalue weighted by atomic mass is 10.1. The van der Waals surface area contributed by atoms with Gasteiger partial charge in [-0.25, -0.2) is 4.98 Å². The number of benzene rings is 1. The number of hydrogen-bond donors (Lipinski definition) is 0. The Morgan fingerprint density at radius 2 is 2.12 bits per heavy atom. The number of rotatable bonds is 5. The maximum Gasteiger partial charge on any atom is 0.262 e. The predicted molar refractivity (Wildman–Crippen MR) is 105 cm³/mol. The Labute approximate surface area is 161 Å². The number of carbonyl (C=O) groups is 1. The number of carbonyl (C=O) groups excluding carboxylic acids is 1. The largest absolute Gasteiger partial charge is 0.327 e. The third-order valence-electron chi connectivity index (χ3n) is 4.16. The molecule has 0 aliphatic carbocycles. The van der Waals surface area contributed by atoms with E-state index in [0.717, 1.165) is 0 Å². The quantitative estimate of drug-likeness (QED) is 0.574. The van der Waals surface area contributed by atoms with Gasteiger partial charge in [0.25, 0.3) is 5.56 Å². The van der Waals surface area contributed by atoms with E-state index < -0.39 is 5.54 Å². The first kappa shape index (κ1) is 20.3. The third-order valence-corrected chi connectivity index (χ3v) is 5.33. The Balaban J connectivity index is 2.40. The molecule has 0 saturated carbocycles. The van der Waals surface area contributed by atoms with Gasteiger partial charge in [-0.1, -0.05) is 23.4 Å². The van der Waals surface area contributed by atoms with Gasteiger partial charge in [-0.15, -0.1) is 0 Å². The summed E-state index contributed by atoms with van der Waals surface area (Å²) in [6, 6.07) is 6.95. The lowest BCUT2D eigenvalue weighted by Gasteiger charge is -2.29. The average molecular weight is 393 g/mol. The monoisotopic (exact) mass is 392 g/mol. The van der Waals surface area contributed by atoms with Gasteiger partial charge >= 0.3 is 0 Å². The SMILES string of the molecule is CC(C)n1c(SCC(=O)N(C)C(C)(C)C#N)nc2cc(Cl)ccc2c1=O. The molecule has 0 saturated heterocycles. The lowest BCUT2D eigenvalue weighted by molar-refractivity contribution is -0.130. The standard InChI is InChI=1S/C18H21ClN4O2S/c1-11(2)23-16(25)13-7-6-12(19)8-14(13)21-17(23)26-9-15(24)22(5)18(3,4)10-20/h6-8,11H,9H2,1-5H3. The Morgan fingerprint density at radius 3 is 2.69 bits per heavy atom. The van der Waals surface area contributed by atoms with Gasteiger partial charge in [0, 0.05) is 18.1 Å². The van der Waals surface area contributed by atoms with E-state index in [1.807, 2.05) is 13.8 Å². The van der Waals surface area contributed by atoms with E-state index in [9.17, 15) is 14.9 Å². The minimum Gasteiger partial charge on any atom is -0.327 e. The van der Waals surface area contributed by atoms with Crippen molar-refractivity contribution in [1.29, 1.82) is 5.26 Å². The third kappa shape index (κ3) is 4.02. The highest BCUT2D eigenvalue weighted by molar-refractivity contribution is 7.99. The topological polar surface area (TPSA) is 79.0 Å². The molecule has 0 aliphatic heterocycles. The Bertz CT molecular complexity index is 947. The van der Waals surface area contributed by atoms with Crippen molar-refractivity contribution >= 4 is 40.2 Å². The number of nitrogens with zero attached hydrogens (tertiary/aromatic N) is 4. The van der Waals surface area contributed by atoms with Crippen molar-refractivity contribution in [3.05, 3.63) is 33.6 Å². The van der Waals surface area contributed by atoms with Crippen LogP contribution in [0.2, 0.25) is 5.02 Å². The number of amides is 1. The second-order valence-corrected chi connectivity index (χ2v) is 8.12. The van der Waals surface area contributed by atoms with Crippen molar-refractivity contribution in [3.8, 4) is 6.07 Å². The highest BCUT2D eigenvalue weighted by atomic mass is 35.5. The van der Waals surface area contributed by atoms with Gasteiger partial charge in [0.15, 0.2) is 5.16 Å². The van der Waals surface area contributed by atoms with Gasteiger partial charge in [0.05, 0.1) is 22.7 Å². The zero-order valence-corrected chi connectivity index (χ0v) is 17.0. The van der Waals surface area contributed by atoms with Crippen LogP contribution in [0.15, 0.2) is 28.2 Å². The second kappa shape index (κ2) is 7.68. The zero-order chi connectivity index (χ0) is 19.6. The molecule has 1 amide bonds. The maximum atomic E-state index is 12.8. The first-order valence-electron chi connectivity index (χ1n) is 8.11. The van der Waals surface area contributed by atoms with Crippen LogP contribution in [-0.4, -0.2) is 38.7 Å². The summed E-state index contributed by atoms with van der Waals surface area (Å²) in [6.45, 7) is 7.13. The van der Waals surface area contributed by atoms with Gasteiger partial charge in [0.1, 0.15) is 5.54 Å². The minimum atomic E-state index is -0.903. The summed E-state index contributed by atoms with van der Waals surface area (Å²) < 4.78 is 1.57. The molecule has 1 heterocycles. The molecule has 0 radical (unpaired) electrons. The first-order valence-corrected chi connectivity index (χ1v) is 9.47. The normalized spacial score (nSPS) is 11.6. The summed E-state index contributed by atoms with van der Waals surface area (Å²) in [5, 5.41) is 10.6. The maximum absolute atomic E-state index is 12.8. The van der Waals surface area contributed by atoms with E-state index in [2.05, 4.69) is 11.1 Å². The fourth-order valence-corrected chi connectivity index (χ4v) is 3.53. The van der Waals surface area contributed by atoms with Gasteiger partial charge in [-0.2, -0.15) is 5.26 Å². The molecule has 2 aromatic rings. The second-order valence-electron chi connectivity index (χ2n) is 6.74. The van der Waals surface area contributed by atoms with Crippen LogP contribution in [0.3, 0.4) is 0 Å². The Hall–Kier alpha value is -2.04. The number of halogens is 1. The molecule has 0 fully saturated rings. The van der Waals surface area contributed by atoms with Crippen molar-refractivity contribution in [2.45, 2.75) is 44.4 Å². The zero-order valence-electron chi connectivity index (χ0n) is 15.4. The van der Waals surface area contributed by atoms with E-state index >= 15 is 0 Å². The Morgan fingerprint density at radius 1 is 1.46 bits per heavy atom. The van der Waals surface area contributed by atoms with E-state index in [4.69, 9.17) is 11.6 Å². The molecule has 8 heteroatoms. The number of hydrogen-bond acceptors (Lipinski definition) is 5. The molecular formula is C18H21ClN4O2S. The number of nitriles is 1. The summed E-state index contributed by atoms with van der Waals surface area (Å²) in [5.41, 5.74) is -0.568. The molecule has 1 aromatic heterocycles. The molecule has 138 valence electrons. The predicted octanol–water partition coefficient (Wildman–Crippen LogP) is 3.48. The molecule has 0 bridgehead atoms. The van der Waals surface area contributed by atoms with Gasteiger partial charge in [0.2, 0.25) is 5.91 Å². The van der Waals surface area contributed by atoms with Crippen LogP contribution in [0, 0.1) is 11.3 Å². The van der Waals surface area contributed by atoms with Crippen LogP contribution < -0.4 is 5.56 Å². The summed E-state index contributed by atoms with van der Waals surface area (Å²) in [4.78, 5) is 31.2. The molecule has 1 aromatic carbocycles. The summed E-state index contributed by atoms with van der Waals surface area (Å²) in [6.07, 6.45) is 0. The minimum absolute atomic E-state index is 0.0762. The fourth-order valence-electron chi connectivity index (χ4n) is 2.32. The molecule has 0 atom stereocenters. The average Bonchev–Trinajstić information content (AvgIpc) is 2.58. The van der Waals surface area contributed by atoms with Gasteiger partial charge < -0.3 is 4.90 Å². The number of fused-ring (bicyclic) bond motifs is 1. The lowest BCUT2D eigenvalue weighted by Crippen LogP contribution is -2.44. The van der Waals surface area contributed by atoms with Gasteiger partial charge in [-0.05, 0) is 45.9 Å². The van der Waals surface area contributed by atoms with Crippen LogP contribution >= 0.6 is 23.4 Å². The number of thioether (sulfide) groups is 1. The molecule has 0 N–H and O–H groups in total. The van der Waals surface area contributed by atoms with Crippen molar-refractivity contribution in [2.24, 2.45) is 0 Å². The van der Waals surface area contributed by atoms with Crippen molar-refractivity contribution < 1.29 is 4.79 Å². The number of aromatic nitrogens is 2. The molecular weight excluding hydrogens is 372 g/mol. The summed E-state index contributed by atoms with van der Waals surface area (Å²) >= 11 is 7.20. The highest BCUT2D eigenvalue weighted by Gasteiger charge is 2.27. The first-order chi connectivity index (χ1) is 12.1. The van der Waals surface area contributed by atoms with Crippen LogP contribution in [-0.2, 0) is 4.79 Å². The molecule has 6 nitrogen and oxygen atoms in total. The van der Waals surface area contributed by atoms with E-state index in [1.165, 1.54) is 16.7 Å². The van der Waals surface area contributed by atoms with Crippen LogP contribution in [0.4, 0.5) is 0 Å². The molecule has 0 unspecified atom stereocenters. The fraction of sp³-hybridized carbons (Fsp3) is 0.444. The van der Waals surface area contributed by atoms with E-state index in [0.29, 0.717) is 21.1 Å². The molecule has 26 heavy (non-hydrogen) atoms. The van der Waals surface area contributed by atoms with Crippen LogP contribution in [0.25, 0.3) is 10.9 Å². The van der Waals surface area contributed by atoms with Crippen molar-refractivity contribution in [3.63, 3.8) is 0 Å². The van der Waals surface area contributed by atoms with Crippen molar-refractivity contribution in [2.75, 3.05) is 12.8 Å². The van der Waals surface area contributed by atoms with Crippen LogP contribution in [0.5, 0.6) is 0 Å². The molecule has 0 aliphatic rings. The van der Waals surface area contributed by atoms with Gasteiger partial charge in [-0.3, -0.25) is 14.2 Å². The molecule has 2 rings (SSSR count). The van der Waals surface area contributed by atoms with Crippen molar-refractivity contribution in [1.82, 2.24) is 14.5 Å². The molecule has 0 spiro atoms. The summed E-state index contributed by atoms with van der Waals surface area (Å²) in [5.74, 6) is -0.135. The highest BCUT2D eigenvalue weighted by Crippen LogP contribution is 2.23. The summed E-state index contributed by atoms with van der Waals surface area (Å²) in [7, 11) is 1.59. The van der Waals surface area contributed by atoms with E-state index in [1.54, 1.807) is 43.7 Å². The van der Waals surface area contributed by atoms with E-state index in [-0.39, 0.29) is 23.3 Å².